The summed E-state index contributed by atoms with van der Waals surface area (Å²) in [6.45, 7) is 0. The molecule has 2 aromatic carbocycles. The Labute approximate surface area is 156 Å². The summed E-state index contributed by atoms with van der Waals surface area (Å²) < 4.78 is 18.9. The third-order valence-electron chi connectivity index (χ3n) is 4.22. The summed E-state index contributed by atoms with van der Waals surface area (Å²) in [7, 11) is 0. The number of amides is 1. The van der Waals surface area contributed by atoms with Crippen molar-refractivity contribution in [1.29, 1.82) is 0 Å². The predicted octanol–water partition coefficient (Wildman–Crippen LogP) is 4.14. The van der Waals surface area contributed by atoms with Gasteiger partial charge in [-0.2, -0.15) is 0 Å². The maximum atomic E-state index is 13.5. The number of nitrogens with zero attached hydrogens (tertiary/aromatic N) is 1. The summed E-state index contributed by atoms with van der Waals surface area (Å²) in [6.07, 6.45) is 0.462. The van der Waals surface area contributed by atoms with Crippen LogP contribution in [-0.2, 0) is 4.74 Å². The Morgan fingerprint density at radius 3 is 2.52 bits per heavy atom. The monoisotopic (exact) mass is 358 g/mol. The number of carbonyl (C=O) groups is 1. The molecule has 0 aliphatic carbocycles. The summed E-state index contributed by atoms with van der Waals surface area (Å²) >= 11 is 0. The Hall–Kier alpha value is -3.65. The zero-order valence-electron chi connectivity index (χ0n) is 14.2. The first-order chi connectivity index (χ1) is 13.2. The van der Waals surface area contributed by atoms with Crippen molar-refractivity contribution in [2.75, 3.05) is 0 Å². The van der Waals surface area contributed by atoms with E-state index < -0.39 is 18.2 Å². The van der Waals surface area contributed by atoms with Crippen LogP contribution in [-0.4, -0.2) is 11.1 Å². The van der Waals surface area contributed by atoms with Gasteiger partial charge in [-0.1, -0.05) is 42.2 Å². The minimum atomic E-state index is -0.637. The van der Waals surface area contributed by atoms with E-state index in [0.717, 1.165) is 11.1 Å². The molecule has 1 fully saturated rings. The number of benzene rings is 2. The minimum Gasteiger partial charge on any atom is -0.439 e. The molecule has 1 N–H and O–H groups in total. The van der Waals surface area contributed by atoms with E-state index in [9.17, 15) is 9.18 Å². The number of carbonyl (C=O) groups excluding carboxylic acids is 1. The van der Waals surface area contributed by atoms with Gasteiger partial charge in [-0.15, -0.1) is 0 Å². The molecule has 0 saturated carbocycles. The lowest BCUT2D eigenvalue weighted by Gasteiger charge is -2.16. The van der Waals surface area contributed by atoms with Gasteiger partial charge in [-0.3, -0.25) is 4.98 Å². The van der Waals surface area contributed by atoms with Crippen molar-refractivity contribution < 1.29 is 13.9 Å². The fourth-order valence-electron chi connectivity index (χ4n) is 2.92. The van der Waals surface area contributed by atoms with Crippen LogP contribution in [0, 0.1) is 17.7 Å². The Morgan fingerprint density at radius 1 is 0.963 bits per heavy atom. The lowest BCUT2D eigenvalue weighted by Crippen LogP contribution is -2.20. The highest BCUT2D eigenvalue weighted by atomic mass is 19.1. The fourth-order valence-corrected chi connectivity index (χ4v) is 2.92. The number of pyridine rings is 1. The third-order valence-corrected chi connectivity index (χ3v) is 4.22. The fraction of sp³-hybridized carbons (Fsp3) is 0.0909. The van der Waals surface area contributed by atoms with E-state index in [2.05, 4.69) is 22.1 Å². The van der Waals surface area contributed by atoms with E-state index in [4.69, 9.17) is 4.74 Å². The zero-order valence-corrected chi connectivity index (χ0v) is 14.2. The molecule has 2 atom stereocenters. The lowest BCUT2D eigenvalue weighted by molar-refractivity contribution is 0.131. The first-order valence-corrected chi connectivity index (χ1v) is 8.45. The Morgan fingerprint density at radius 2 is 1.78 bits per heavy atom. The molecule has 1 aliphatic rings. The largest absolute Gasteiger partial charge is 0.439 e. The van der Waals surface area contributed by atoms with Crippen LogP contribution in [0.3, 0.4) is 0 Å². The van der Waals surface area contributed by atoms with Crippen molar-refractivity contribution in [3.05, 3.63) is 101 Å². The van der Waals surface area contributed by atoms with Gasteiger partial charge in [-0.25, -0.2) is 9.18 Å². The summed E-state index contributed by atoms with van der Waals surface area (Å²) in [6, 6.07) is 18.8. The van der Waals surface area contributed by atoms with Crippen LogP contribution in [0.4, 0.5) is 9.18 Å². The van der Waals surface area contributed by atoms with Crippen LogP contribution in [0.15, 0.2) is 72.9 Å². The van der Waals surface area contributed by atoms with Crippen molar-refractivity contribution in [3.8, 4) is 11.8 Å². The van der Waals surface area contributed by atoms with Gasteiger partial charge in [0.05, 0.1) is 5.69 Å². The highest BCUT2D eigenvalue weighted by Gasteiger charge is 2.37. The average Bonchev–Trinajstić information content (AvgIpc) is 3.09. The normalized spacial score (nSPS) is 18.2. The molecule has 1 saturated heterocycles. The second kappa shape index (κ2) is 7.30. The van der Waals surface area contributed by atoms with E-state index in [-0.39, 0.29) is 5.82 Å². The van der Waals surface area contributed by atoms with Gasteiger partial charge in [0, 0.05) is 17.3 Å². The summed E-state index contributed by atoms with van der Waals surface area (Å²) in [4.78, 5) is 16.2. The van der Waals surface area contributed by atoms with Crippen LogP contribution < -0.4 is 5.32 Å². The van der Waals surface area contributed by atoms with Gasteiger partial charge in [0.15, 0.2) is 6.10 Å². The molecule has 4 rings (SSSR count). The average molecular weight is 358 g/mol. The van der Waals surface area contributed by atoms with Crippen molar-refractivity contribution in [3.63, 3.8) is 0 Å². The lowest BCUT2D eigenvalue weighted by atomic mass is 9.99. The van der Waals surface area contributed by atoms with Crippen LogP contribution in [0.1, 0.15) is 34.5 Å². The molecule has 132 valence electrons. The third kappa shape index (κ3) is 3.80. The standard InChI is InChI=1S/C22H15FN2O2/c23-18-8-4-7-17(13-18)21-20(25-22(26)27-21)19-12-11-16(14-24-19)10-9-15-5-2-1-3-6-15/h1-8,11-14,20-21H,(H,25,26)/t20-,21-/m1/s1. The molecular weight excluding hydrogens is 343 g/mol. The Kier molecular flexibility index (Phi) is 4.54. The molecule has 27 heavy (non-hydrogen) atoms. The van der Waals surface area contributed by atoms with E-state index in [0.29, 0.717) is 11.3 Å². The van der Waals surface area contributed by atoms with Gasteiger partial charge >= 0.3 is 6.09 Å². The number of ether oxygens (including phenoxy) is 1. The number of aromatic nitrogens is 1. The Bertz CT molecular complexity index is 1020. The van der Waals surface area contributed by atoms with Gasteiger partial charge in [0.25, 0.3) is 0 Å². The van der Waals surface area contributed by atoms with E-state index in [1.807, 2.05) is 36.4 Å². The second-order valence-corrected chi connectivity index (χ2v) is 6.09. The molecular formula is C22H15FN2O2. The molecule has 3 aromatic rings. The molecule has 1 aliphatic heterocycles. The summed E-state index contributed by atoms with van der Waals surface area (Å²) in [5.41, 5.74) is 2.88. The number of hydrogen-bond donors (Lipinski definition) is 1. The van der Waals surface area contributed by atoms with Crippen molar-refractivity contribution in [2.45, 2.75) is 12.1 Å². The van der Waals surface area contributed by atoms with E-state index in [1.54, 1.807) is 24.4 Å². The molecule has 0 bridgehead atoms. The smallest absolute Gasteiger partial charge is 0.408 e. The van der Waals surface area contributed by atoms with Crippen molar-refractivity contribution in [1.82, 2.24) is 10.3 Å². The van der Waals surface area contributed by atoms with Crippen LogP contribution in [0.25, 0.3) is 0 Å². The molecule has 2 heterocycles. The molecule has 4 nitrogen and oxygen atoms in total. The van der Waals surface area contributed by atoms with E-state index >= 15 is 0 Å². The van der Waals surface area contributed by atoms with Crippen LogP contribution >= 0.6 is 0 Å². The number of alkyl carbamates (subject to hydrolysis) is 1. The van der Waals surface area contributed by atoms with Gasteiger partial charge in [0.2, 0.25) is 0 Å². The molecule has 1 aromatic heterocycles. The molecule has 5 heteroatoms. The number of hydrogen-bond acceptors (Lipinski definition) is 3. The molecule has 0 unspecified atom stereocenters. The van der Waals surface area contributed by atoms with Crippen LogP contribution in [0.5, 0.6) is 0 Å². The van der Waals surface area contributed by atoms with Gasteiger partial charge in [-0.05, 0) is 42.0 Å². The van der Waals surface area contributed by atoms with Crippen molar-refractivity contribution >= 4 is 6.09 Å². The predicted molar refractivity (Wildman–Crippen MR) is 98.2 cm³/mol. The summed E-state index contributed by atoms with van der Waals surface area (Å²) in [5, 5.41) is 2.73. The topological polar surface area (TPSA) is 51.2 Å². The number of rotatable bonds is 2. The molecule has 0 spiro atoms. The van der Waals surface area contributed by atoms with Crippen molar-refractivity contribution in [2.24, 2.45) is 0 Å². The summed E-state index contributed by atoms with van der Waals surface area (Å²) in [5.74, 6) is 5.75. The minimum absolute atomic E-state index is 0.381. The first kappa shape index (κ1) is 16.8. The van der Waals surface area contributed by atoms with E-state index in [1.165, 1.54) is 12.1 Å². The number of halogens is 1. The van der Waals surface area contributed by atoms with Gasteiger partial charge < -0.3 is 10.1 Å². The SMILES string of the molecule is O=C1N[C@H](c2ccc(C#Cc3ccccc3)cn2)[C@@H](c2cccc(F)c2)O1. The second-order valence-electron chi connectivity index (χ2n) is 6.09. The number of nitrogens with one attached hydrogen (secondary N) is 1. The highest BCUT2D eigenvalue weighted by Crippen LogP contribution is 2.35. The maximum absolute atomic E-state index is 13.5. The first-order valence-electron chi connectivity index (χ1n) is 8.45. The molecule has 0 radical (unpaired) electrons. The Balaban J connectivity index is 1.57. The zero-order chi connectivity index (χ0) is 18.6. The van der Waals surface area contributed by atoms with Gasteiger partial charge in [0.1, 0.15) is 11.9 Å². The number of cyclic esters (lactones) is 1. The quantitative estimate of drug-likeness (QED) is 0.701. The van der Waals surface area contributed by atoms with Crippen LogP contribution in [0.2, 0.25) is 0 Å². The highest BCUT2D eigenvalue weighted by molar-refractivity contribution is 5.71. The molecule has 1 amide bonds. The maximum Gasteiger partial charge on any atom is 0.408 e.